The minimum absolute atomic E-state index is 0.131. The molecule has 8 bridgehead atoms. The fourth-order valence-electron chi connectivity index (χ4n) is 9.02. The average Bonchev–Trinajstić information content (AvgIpc) is 4.09. The van der Waals surface area contributed by atoms with Gasteiger partial charge in [0.1, 0.15) is 29.2 Å². The van der Waals surface area contributed by atoms with E-state index in [1.807, 2.05) is 78.9 Å². The van der Waals surface area contributed by atoms with Gasteiger partial charge in [-0.1, -0.05) is 140 Å². The largest absolute Gasteiger partial charge is 0.458 e. The number of hydrogen-bond acceptors (Lipinski definition) is 8. The highest BCUT2D eigenvalue weighted by atomic mass is 16.5. The van der Waals surface area contributed by atoms with Crippen LogP contribution in [0.1, 0.15) is 41.7 Å². The molecule has 5 heterocycles. The third-order valence-electron chi connectivity index (χ3n) is 12.4. The van der Waals surface area contributed by atoms with Crippen LogP contribution in [0.5, 0.6) is 0 Å². The Morgan fingerprint density at radius 3 is 1.40 bits per heavy atom. The summed E-state index contributed by atoms with van der Waals surface area (Å²) in [4.78, 5) is 52.4. The van der Waals surface area contributed by atoms with Gasteiger partial charge in [0, 0.05) is 49.9 Å². The number of carbonyl (C=O) groups excluding carboxylic acids is 1. The number of rotatable bonds is 7. The van der Waals surface area contributed by atoms with Crippen molar-refractivity contribution in [2.24, 2.45) is 0 Å². The van der Waals surface area contributed by atoms with E-state index in [0.717, 1.165) is 77.4 Å². The van der Waals surface area contributed by atoms with Gasteiger partial charge in [-0.05, 0) is 93.6 Å². The van der Waals surface area contributed by atoms with Crippen LogP contribution < -0.4 is 0 Å². The normalized spacial score (nSPS) is 15.9. The van der Waals surface area contributed by atoms with Crippen molar-refractivity contribution in [1.29, 1.82) is 0 Å². The predicted octanol–water partition coefficient (Wildman–Crippen LogP) is 12.7. The number of carbonyl (C=O) groups is 1. The quantitative estimate of drug-likeness (QED) is 0.119. The van der Waals surface area contributed by atoms with Crippen molar-refractivity contribution < 1.29 is 9.53 Å². The first-order valence-corrected chi connectivity index (χ1v) is 22.5. The Labute approximate surface area is 390 Å². The van der Waals surface area contributed by atoms with Crippen LogP contribution in [0.15, 0.2) is 200 Å². The van der Waals surface area contributed by atoms with Gasteiger partial charge in [0.25, 0.3) is 0 Å². The number of aromatic amines is 2. The standard InChI is InChI=1S/C58H40N8O2/c1-2-42-44(28-35-16-6-3-7-17-35)53-59-51(42)60-55-46-30-38-22-12-13-23-39(38)31-47(46)56(65-55)62-52-43(26-27-50(67)68-34-37-20-10-5-11-21-37)45(29-36-18-8-4-9-19-36)54(61-52)64-58-49-33-41-25-15-14-24-40(41)32-48(49)57(63-53)66-58/h2-16,18,20-33H,1,17,19,34H2,(H2,59,60,61,62,63,64,65,66)/b27-26+,35-28-,36-29-. The maximum atomic E-state index is 13.5. The minimum Gasteiger partial charge on any atom is -0.458 e. The molecule has 2 N–H and O–H groups in total. The Morgan fingerprint density at radius 1 is 0.529 bits per heavy atom. The number of H-pyrrole nitrogens is 2. The molecular formula is C58H40N8O2. The van der Waals surface area contributed by atoms with E-state index < -0.39 is 5.97 Å². The Balaban J connectivity index is 1.19. The third kappa shape index (κ3) is 7.59. The molecule has 2 aliphatic heterocycles. The lowest BCUT2D eigenvalue weighted by molar-refractivity contribution is -0.139. The molecule has 2 aliphatic carbocycles. The van der Waals surface area contributed by atoms with Gasteiger partial charge in [-0.25, -0.2) is 34.7 Å². The van der Waals surface area contributed by atoms with Gasteiger partial charge in [0.15, 0.2) is 23.3 Å². The first-order chi connectivity index (χ1) is 33.5. The summed E-state index contributed by atoms with van der Waals surface area (Å²) in [5.41, 5.74) is 8.06. The Morgan fingerprint density at radius 2 is 0.956 bits per heavy atom. The van der Waals surface area contributed by atoms with Gasteiger partial charge in [-0.3, -0.25) is 0 Å². The number of fused-ring (bicyclic) bond motifs is 16. The molecule has 3 aromatic heterocycles. The van der Waals surface area contributed by atoms with Crippen molar-refractivity contribution in [3.63, 3.8) is 0 Å². The summed E-state index contributed by atoms with van der Waals surface area (Å²) >= 11 is 0. The number of aromatic nitrogens is 8. The predicted molar refractivity (Wildman–Crippen MR) is 273 cm³/mol. The minimum atomic E-state index is -0.506. The van der Waals surface area contributed by atoms with Crippen LogP contribution in [-0.2, 0) is 16.1 Å². The molecule has 0 fully saturated rings. The molecule has 0 spiro atoms. The number of hydrogen-bond donors (Lipinski definition) is 2. The Hall–Kier alpha value is -9.15. The van der Waals surface area contributed by atoms with Gasteiger partial charge in [-0.15, -0.1) is 0 Å². The summed E-state index contributed by atoms with van der Waals surface area (Å²) in [5, 5.41) is 7.55. The van der Waals surface area contributed by atoms with Gasteiger partial charge in [0.2, 0.25) is 0 Å². The summed E-state index contributed by atoms with van der Waals surface area (Å²) < 4.78 is 5.72. The van der Waals surface area contributed by atoms with E-state index in [4.69, 9.17) is 34.6 Å². The lowest BCUT2D eigenvalue weighted by Gasteiger charge is -2.05. The smallest absolute Gasteiger partial charge is 0.331 e. The van der Waals surface area contributed by atoms with Gasteiger partial charge < -0.3 is 14.7 Å². The molecule has 0 saturated carbocycles. The van der Waals surface area contributed by atoms with E-state index in [1.54, 1.807) is 12.2 Å². The second kappa shape index (κ2) is 17.0. The first-order valence-electron chi connectivity index (χ1n) is 22.5. The van der Waals surface area contributed by atoms with Crippen molar-refractivity contribution in [3.8, 4) is 0 Å². The number of allylic oxidation sites excluding steroid dienone is 18. The van der Waals surface area contributed by atoms with Crippen LogP contribution in [-0.4, -0.2) is 45.8 Å². The summed E-state index contributed by atoms with van der Waals surface area (Å²) in [6.07, 6.45) is 27.1. The van der Waals surface area contributed by atoms with E-state index in [9.17, 15) is 4.79 Å². The molecule has 0 amide bonds. The molecule has 8 aromatic rings. The van der Waals surface area contributed by atoms with Gasteiger partial charge >= 0.3 is 5.97 Å². The van der Waals surface area contributed by atoms with Crippen LogP contribution in [0.3, 0.4) is 0 Å². The van der Waals surface area contributed by atoms with E-state index in [-0.39, 0.29) is 6.61 Å². The van der Waals surface area contributed by atoms with Crippen molar-refractivity contribution in [3.05, 3.63) is 229 Å². The van der Waals surface area contributed by atoms with Crippen molar-refractivity contribution in [2.75, 3.05) is 0 Å². The summed E-state index contributed by atoms with van der Waals surface area (Å²) in [6.45, 7) is 4.40. The van der Waals surface area contributed by atoms with Crippen molar-refractivity contribution >= 4 is 93.9 Å². The molecule has 12 rings (SSSR count). The molecule has 10 heteroatoms. The van der Waals surface area contributed by atoms with E-state index in [2.05, 4.69) is 102 Å². The zero-order valence-electron chi connectivity index (χ0n) is 36.6. The highest BCUT2D eigenvalue weighted by Crippen LogP contribution is 2.37. The zero-order chi connectivity index (χ0) is 45.6. The monoisotopic (exact) mass is 880 g/mol. The molecule has 0 radical (unpaired) electrons. The Bertz CT molecular complexity index is 3950. The lowest BCUT2D eigenvalue weighted by Crippen LogP contribution is -2.00. The molecule has 0 unspecified atom stereocenters. The zero-order valence-corrected chi connectivity index (χ0v) is 36.6. The van der Waals surface area contributed by atoms with Crippen LogP contribution >= 0.6 is 0 Å². The molecule has 0 saturated heterocycles. The molecule has 5 aromatic carbocycles. The number of ether oxygens (including phenoxy) is 1. The van der Waals surface area contributed by atoms with Crippen molar-refractivity contribution in [1.82, 2.24) is 39.9 Å². The SMILES string of the molecule is C=CC1=C(/C=C2/C=CC=CC2)c2nc1nc1[nH]c(nc3nc(nc4[nH]c(n2)c2cc5ccccc5cc42)C(/C=C2/C=CC=CC2)=C3/C=C/C(=O)OCc2ccccc2)c2cc3ccccc3cc12. The van der Waals surface area contributed by atoms with Crippen LogP contribution in [0, 0.1) is 0 Å². The fourth-order valence-corrected chi connectivity index (χ4v) is 9.02. The second-order valence-electron chi connectivity index (χ2n) is 16.8. The van der Waals surface area contributed by atoms with E-state index >= 15 is 0 Å². The molecule has 4 aliphatic rings. The second-order valence-corrected chi connectivity index (χ2v) is 16.8. The van der Waals surface area contributed by atoms with E-state index in [1.165, 1.54) is 6.08 Å². The number of benzene rings is 5. The topological polar surface area (TPSA) is 135 Å². The molecule has 68 heavy (non-hydrogen) atoms. The molecule has 0 atom stereocenters. The highest BCUT2D eigenvalue weighted by molar-refractivity contribution is 6.13. The maximum Gasteiger partial charge on any atom is 0.331 e. The summed E-state index contributed by atoms with van der Waals surface area (Å²) in [5.74, 6) is 1.19. The van der Waals surface area contributed by atoms with E-state index in [0.29, 0.717) is 63.5 Å². The number of nitrogens with zero attached hydrogens (tertiary/aromatic N) is 6. The maximum absolute atomic E-state index is 13.5. The average molecular weight is 881 g/mol. The van der Waals surface area contributed by atoms with Crippen LogP contribution in [0.2, 0.25) is 0 Å². The van der Waals surface area contributed by atoms with Crippen LogP contribution in [0.25, 0.3) is 88.0 Å². The molecule has 324 valence electrons. The first kappa shape index (κ1) is 40.4. The van der Waals surface area contributed by atoms with Crippen molar-refractivity contribution in [2.45, 2.75) is 19.4 Å². The number of nitrogens with one attached hydrogen (secondary N) is 2. The lowest BCUT2D eigenvalue weighted by atomic mass is 10.0. The van der Waals surface area contributed by atoms with Gasteiger partial charge in [-0.2, -0.15) is 0 Å². The summed E-state index contributed by atoms with van der Waals surface area (Å²) in [6, 6.07) is 34.5. The third-order valence-corrected chi connectivity index (χ3v) is 12.4. The molecule has 10 nitrogen and oxygen atoms in total. The highest BCUT2D eigenvalue weighted by Gasteiger charge is 2.24. The molecular weight excluding hydrogens is 841 g/mol. The fraction of sp³-hybridized carbons (Fsp3) is 0.0517. The van der Waals surface area contributed by atoms with Crippen LogP contribution in [0.4, 0.5) is 0 Å². The Kier molecular flexibility index (Phi) is 10.1. The summed E-state index contributed by atoms with van der Waals surface area (Å²) in [7, 11) is 0. The van der Waals surface area contributed by atoms with Gasteiger partial charge in [0.05, 0.1) is 0 Å². The number of esters is 1.